The van der Waals surface area contributed by atoms with E-state index in [2.05, 4.69) is 4.99 Å². The van der Waals surface area contributed by atoms with E-state index >= 15 is 0 Å². The lowest BCUT2D eigenvalue weighted by Crippen LogP contribution is -2.01. The van der Waals surface area contributed by atoms with E-state index in [1.165, 1.54) is 18.2 Å². The highest BCUT2D eigenvalue weighted by Crippen LogP contribution is 2.16. The summed E-state index contributed by atoms with van der Waals surface area (Å²) >= 11 is 0. The molecule has 3 rings (SSSR count). The van der Waals surface area contributed by atoms with Crippen molar-refractivity contribution in [2.75, 3.05) is 0 Å². The first-order valence-electron chi connectivity index (χ1n) is 6.94. The van der Waals surface area contributed by atoms with Gasteiger partial charge in [0.2, 0.25) is 0 Å². The minimum Gasteiger partial charge on any atom is -0.478 e. The SMILES string of the molecule is O=C(O)c1cccc(-n2cccc2C=Nc2cccc(F)c2)c1. The molecule has 0 aliphatic rings. The van der Waals surface area contributed by atoms with Gasteiger partial charge in [-0.2, -0.15) is 0 Å². The highest BCUT2D eigenvalue weighted by molar-refractivity contribution is 5.88. The lowest BCUT2D eigenvalue weighted by Gasteiger charge is -2.07. The average molecular weight is 308 g/mol. The Hall–Kier alpha value is -3.21. The molecule has 0 saturated carbocycles. The number of carboxylic acid groups (broad SMARTS) is 1. The molecule has 0 atom stereocenters. The molecular weight excluding hydrogens is 295 g/mol. The maximum Gasteiger partial charge on any atom is 0.335 e. The molecule has 0 radical (unpaired) electrons. The second-order valence-electron chi connectivity index (χ2n) is 4.90. The van der Waals surface area contributed by atoms with Crippen LogP contribution in [0, 0.1) is 5.82 Å². The Morgan fingerprint density at radius 1 is 1.09 bits per heavy atom. The van der Waals surface area contributed by atoms with Gasteiger partial charge in [-0.15, -0.1) is 0 Å². The number of aromatic carboxylic acids is 1. The summed E-state index contributed by atoms with van der Waals surface area (Å²) in [5, 5.41) is 9.08. The first-order chi connectivity index (χ1) is 11.1. The normalized spacial score (nSPS) is 11.0. The lowest BCUT2D eigenvalue weighted by atomic mass is 10.2. The van der Waals surface area contributed by atoms with Gasteiger partial charge in [-0.3, -0.25) is 4.99 Å². The first-order valence-corrected chi connectivity index (χ1v) is 6.94. The second-order valence-corrected chi connectivity index (χ2v) is 4.90. The number of benzene rings is 2. The average Bonchev–Trinajstić information content (AvgIpc) is 3.01. The van der Waals surface area contributed by atoms with Crippen molar-refractivity contribution < 1.29 is 14.3 Å². The third-order valence-electron chi connectivity index (χ3n) is 3.31. The smallest absolute Gasteiger partial charge is 0.335 e. The third-order valence-corrected chi connectivity index (χ3v) is 3.31. The van der Waals surface area contributed by atoms with E-state index in [1.54, 1.807) is 30.5 Å². The van der Waals surface area contributed by atoms with Crippen molar-refractivity contribution in [2.45, 2.75) is 0 Å². The number of hydrogen-bond donors (Lipinski definition) is 1. The molecule has 0 aliphatic carbocycles. The predicted molar refractivity (Wildman–Crippen MR) is 86.4 cm³/mol. The van der Waals surface area contributed by atoms with Gasteiger partial charge in [0.05, 0.1) is 23.2 Å². The van der Waals surface area contributed by atoms with Crippen LogP contribution in [-0.4, -0.2) is 21.9 Å². The number of carbonyl (C=O) groups is 1. The fourth-order valence-electron chi connectivity index (χ4n) is 2.22. The highest BCUT2D eigenvalue weighted by atomic mass is 19.1. The van der Waals surface area contributed by atoms with Crippen LogP contribution < -0.4 is 0 Å². The summed E-state index contributed by atoms with van der Waals surface area (Å²) in [5.74, 6) is -1.32. The van der Waals surface area contributed by atoms with Crippen molar-refractivity contribution in [3.8, 4) is 5.69 Å². The quantitative estimate of drug-likeness (QED) is 0.739. The van der Waals surface area contributed by atoms with Gasteiger partial charge in [-0.25, -0.2) is 9.18 Å². The Morgan fingerprint density at radius 2 is 1.91 bits per heavy atom. The molecule has 2 aromatic carbocycles. The summed E-state index contributed by atoms with van der Waals surface area (Å²) in [6.07, 6.45) is 3.43. The van der Waals surface area contributed by atoms with Crippen LogP contribution in [0.4, 0.5) is 10.1 Å². The monoisotopic (exact) mass is 308 g/mol. The van der Waals surface area contributed by atoms with Crippen LogP contribution in [0.5, 0.6) is 0 Å². The van der Waals surface area contributed by atoms with Crippen LogP contribution in [0.25, 0.3) is 5.69 Å². The van der Waals surface area contributed by atoms with Crippen LogP contribution in [0.3, 0.4) is 0 Å². The first kappa shape index (κ1) is 14.7. The lowest BCUT2D eigenvalue weighted by molar-refractivity contribution is 0.0697. The topological polar surface area (TPSA) is 54.6 Å². The molecule has 0 amide bonds. The van der Waals surface area contributed by atoms with Crippen molar-refractivity contribution >= 4 is 17.9 Å². The zero-order chi connectivity index (χ0) is 16.2. The van der Waals surface area contributed by atoms with Crippen molar-refractivity contribution in [2.24, 2.45) is 4.99 Å². The summed E-state index contributed by atoms with van der Waals surface area (Å²) in [6.45, 7) is 0. The number of rotatable bonds is 4. The molecule has 4 nitrogen and oxygen atoms in total. The Bertz CT molecular complexity index is 884. The zero-order valence-electron chi connectivity index (χ0n) is 12.1. The van der Waals surface area contributed by atoms with Crippen molar-refractivity contribution in [1.29, 1.82) is 0 Å². The molecule has 114 valence electrons. The molecule has 1 aromatic heterocycles. The van der Waals surface area contributed by atoms with Crippen molar-refractivity contribution in [3.63, 3.8) is 0 Å². The van der Waals surface area contributed by atoms with E-state index in [0.717, 1.165) is 11.4 Å². The van der Waals surface area contributed by atoms with E-state index in [-0.39, 0.29) is 11.4 Å². The second kappa shape index (κ2) is 6.27. The van der Waals surface area contributed by atoms with Crippen LogP contribution >= 0.6 is 0 Å². The number of carboxylic acids is 1. The highest BCUT2D eigenvalue weighted by Gasteiger charge is 2.06. The Morgan fingerprint density at radius 3 is 2.70 bits per heavy atom. The molecule has 0 aliphatic heterocycles. The van der Waals surface area contributed by atoms with Gasteiger partial charge in [0.15, 0.2) is 0 Å². The van der Waals surface area contributed by atoms with Gasteiger partial charge < -0.3 is 9.67 Å². The molecule has 1 heterocycles. The summed E-state index contributed by atoms with van der Waals surface area (Å²) in [4.78, 5) is 15.3. The van der Waals surface area contributed by atoms with Crippen LogP contribution in [0.15, 0.2) is 71.9 Å². The van der Waals surface area contributed by atoms with Gasteiger partial charge in [0.1, 0.15) is 5.82 Å². The van der Waals surface area contributed by atoms with Gasteiger partial charge in [0.25, 0.3) is 0 Å². The Kier molecular flexibility index (Phi) is 4.01. The van der Waals surface area contributed by atoms with Crippen molar-refractivity contribution in [1.82, 2.24) is 4.57 Å². The maximum atomic E-state index is 13.2. The van der Waals surface area contributed by atoms with E-state index in [9.17, 15) is 9.18 Å². The molecule has 1 N–H and O–H groups in total. The van der Waals surface area contributed by atoms with Gasteiger partial charge in [0, 0.05) is 11.9 Å². The molecule has 0 bridgehead atoms. The Balaban J connectivity index is 1.94. The van der Waals surface area contributed by atoms with E-state index in [1.807, 2.05) is 29.0 Å². The standard InChI is InChI=1S/C18H13FN2O2/c19-14-5-2-6-15(11-14)20-12-17-8-3-9-21(17)16-7-1-4-13(10-16)18(22)23/h1-12H,(H,22,23). The summed E-state index contributed by atoms with van der Waals surface area (Å²) in [5.41, 5.74) is 2.20. The molecule has 23 heavy (non-hydrogen) atoms. The molecule has 0 saturated heterocycles. The van der Waals surface area contributed by atoms with Crippen LogP contribution in [0.2, 0.25) is 0 Å². The fourth-order valence-corrected chi connectivity index (χ4v) is 2.22. The number of aromatic nitrogens is 1. The number of hydrogen-bond acceptors (Lipinski definition) is 2. The maximum absolute atomic E-state index is 13.2. The molecule has 0 fully saturated rings. The largest absolute Gasteiger partial charge is 0.478 e. The molecule has 0 spiro atoms. The van der Waals surface area contributed by atoms with Crippen LogP contribution in [-0.2, 0) is 0 Å². The minimum atomic E-state index is -0.978. The van der Waals surface area contributed by atoms with E-state index in [0.29, 0.717) is 5.69 Å². The number of halogens is 1. The summed E-state index contributed by atoms with van der Waals surface area (Å²) < 4.78 is 15.0. The minimum absolute atomic E-state index is 0.212. The predicted octanol–water partition coefficient (Wildman–Crippen LogP) is 4.07. The number of aliphatic imine (C=N–C) groups is 1. The fraction of sp³-hybridized carbons (Fsp3) is 0. The van der Waals surface area contributed by atoms with Crippen molar-refractivity contribution in [3.05, 3.63) is 83.9 Å². The summed E-state index contributed by atoms with van der Waals surface area (Å²) in [7, 11) is 0. The summed E-state index contributed by atoms with van der Waals surface area (Å²) in [6, 6.07) is 16.3. The Labute approximate surface area is 132 Å². The molecule has 0 unspecified atom stereocenters. The van der Waals surface area contributed by atoms with E-state index in [4.69, 9.17) is 5.11 Å². The zero-order valence-corrected chi connectivity index (χ0v) is 12.1. The van der Waals surface area contributed by atoms with E-state index < -0.39 is 5.97 Å². The molecule has 3 aromatic rings. The third kappa shape index (κ3) is 3.35. The number of nitrogens with zero attached hydrogens (tertiary/aromatic N) is 2. The van der Waals surface area contributed by atoms with Gasteiger partial charge >= 0.3 is 5.97 Å². The van der Waals surface area contributed by atoms with Gasteiger partial charge in [-0.1, -0.05) is 12.1 Å². The molecular formula is C18H13FN2O2. The van der Waals surface area contributed by atoms with Gasteiger partial charge in [-0.05, 0) is 48.5 Å². The van der Waals surface area contributed by atoms with Crippen LogP contribution in [0.1, 0.15) is 16.1 Å². The molecule has 5 heteroatoms.